The van der Waals surface area contributed by atoms with Crippen LogP contribution in [-0.2, 0) is 0 Å². The van der Waals surface area contributed by atoms with E-state index >= 15 is 0 Å². The highest BCUT2D eigenvalue weighted by molar-refractivity contribution is 7.13. The topological polar surface area (TPSA) is 83.1 Å². The molecule has 0 radical (unpaired) electrons. The third kappa shape index (κ3) is 4.01. The molecule has 1 aliphatic rings. The lowest BCUT2D eigenvalue weighted by Gasteiger charge is -2.32. The summed E-state index contributed by atoms with van der Waals surface area (Å²) in [5.74, 6) is 1.00. The summed E-state index contributed by atoms with van der Waals surface area (Å²) in [4.78, 5) is 19.3. The Bertz CT molecular complexity index is 924. The minimum Gasteiger partial charge on any atom is -0.496 e. The van der Waals surface area contributed by atoms with Gasteiger partial charge in [0.1, 0.15) is 11.4 Å². The van der Waals surface area contributed by atoms with Crippen molar-refractivity contribution in [1.82, 2.24) is 20.5 Å². The van der Waals surface area contributed by atoms with E-state index in [2.05, 4.69) is 25.4 Å². The summed E-state index contributed by atoms with van der Waals surface area (Å²) in [6.45, 7) is 2.59. The smallest absolute Gasteiger partial charge is 0.269 e. The van der Waals surface area contributed by atoms with Gasteiger partial charge in [-0.1, -0.05) is 12.1 Å². The second-order valence-electron chi connectivity index (χ2n) is 6.85. The quantitative estimate of drug-likeness (QED) is 0.667. The number of nitrogens with one attached hydrogen (secondary N) is 2. The molecule has 0 unspecified atom stereocenters. The zero-order valence-electron chi connectivity index (χ0n) is 15.7. The average Bonchev–Trinajstić information content (AvgIpc) is 3.44. The molecule has 2 aromatic heterocycles. The standard InChI is InChI=1S/C20H23N5O2S/c1-27-18-7-3-2-6-15(18)16-11-17(24-23-16)19(26)22-12-14-5-4-9-25(13-14)20-21-8-10-28-20/h2-3,6-8,10-11,14H,4-5,9,12-13H2,1H3,(H,22,26)(H,23,24)/t14-/m0/s1. The fourth-order valence-electron chi connectivity index (χ4n) is 3.54. The van der Waals surface area contributed by atoms with Gasteiger partial charge < -0.3 is 15.0 Å². The molecular formula is C20H23N5O2S. The van der Waals surface area contributed by atoms with Gasteiger partial charge in [-0.05, 0) is 37.0 Å². The van der Waals surface area contributed by atoms with Crippen LogP contribution < -0.4 is 15.0 Å². The Morgan fingerprint density at radius 3 is 3.14 bits per heavy atom. The van der Waals surface area contributed by atoms with Gasteiger partial charge in [-0.15, -0.1) is 11.3 Å². The zero-order valence-corrected chi connectivity index (χ0v) is 16.5. The van der Waals surface area contributed by atoms with Crippen LogP contribution in [-0.4, -0.2) is 47.8 Å². The summed E-state index contributed by atoms with van der Waals surface area (Å²) in [6, 6.07) is 9.38. The Kier molecular flexibility index (Phi) is 5.57. The lowest BCUT2D eigenvalue weighted by molar-refractivity contribution is 0.0940. The van der Waals surface area contributed by atoms with Crippen LogP contribution >= 0.6 is 11.3 Å². The number of carbonyl (C=O) groups is 1. The molecule has 8 heteroatoms. The Morgan fingerprint density at radius 2 is 2.32 bits per heavy atom. The summed E-state index contributed by atoms with van der Waals surface area (Å²) < 4.78 is 5.37. The maximum atomic E-state index is 12.6. The maximum Gasteiger partial charge on any atom is 0.269 e. The molecular weight excluding hydrogens is 374 g/mol. The van der Waals surface area contributed by atoms with E-state index in [1.54, 1.807) is 24.5 Å². The summed E-state index contributed by atoms with van der Waals surface area (Å²) in [7, 11) is 1.62. The van der Waals surface area contributed by atoms with Gasteiger partial charge in [-0.2, -0.15) is 5.10 Å². The van der Waals surface area contributed by atoms with Crippen LogP contribution in [0.5, 0.6) is 5.75 Å². The molecule has 1 amide bonds. The first kappa shape index (κ1) is 18.5. The molecule has 1 atom stereocenters. The molecule has 0 bridgehead atoms. The van der Waals surface area contributed by atoms with E-state index in [4.69, 9.17) is 4.74 Å². The van der Waals surface area contributed by atoms with Crippen LogP contribution in [0.1, 0.15) is 23.3 Å². The first-order valence-corrected chi connectivity index (χ1v) is 10.2. The second-order valence-corrected chi connectivity index (χ2v) is 7.72. The summed E-state index contributed by atoms with van der Waals surface area (Å²) in [5, 5.41) is 13.2. The number of anilines is 1. The number of hydrogen-bond donors (Lipinski definition) is 2. The number of hydrogen-bond acceptors (Lipinski definition) is 6. The van der Waals surface area contributed by atoms with Crippen LogP contribution in [0.15, 0.2) is 41.9 Å². The number of aromatic amines is 1. The molecule has 1 saturated heterocycles. The number of ether oxygens (including phenoxy) is 1. The maximum absolute atomic E-state index is 12.6. The lowest BCUT2D eigenvalue weighted by atomic mass is 9.98. The highest BCUT2D eigenvalue weighted by atomic mass is 32.1. The number of methoxy groups -OCH3 is 1. The van der Waals surface area contributed by atoms with Gasteiger partial charge >= 0.3 is 0 Å². The van der Waals surface area contributed by atoms with Crippen molar-refractivity contribution in [3.63, 3.8) is 0 Å². The van der Waals surface area contributed by atoms with Crippen LogP contribution in [0.4, 0.5) is 5.13 Å². The van der Waals surface area contributed by atoms with E-state index in [1.165, 1.54) is 0 Å². The van der Waals surface area contributed by atoms with E-state index < -0.39 is 0 Å². The largest absolute Gasteiger partial charge is 0.496 e. The predicted molar refractivity (Wildman–Crippen MR) is 110 cm³/mol. The molecule has 0 saturated carbocycles. The van der Waals surface area contributed by atoms with Crippen molar-refractivity contribution >= 4 is 22.4 Å². The number of rotatable bonds is 6. The minimum atomic E-state index is -0.139. The average molecular weight is 398 g/mol. The molecule has 2 N–H and O–H groups in total. The van der Waals surface area contributed by atoms with Gasteiger partial charge in [0.2, 0.25) is 0 Å². The minimum absolute atomic E-state index is 0.139. The zero-order chi connectivity index (χ0) is 19.3. The van der Waals surface area contributed by atoms with Gasteiger partial charge in [-0.25, -0.2) is 4.98 Å². The predicted octanol–water partition coefficient (Wildman–Crippen LogP) is 3.19. The first-order chi connectivity index (χ1) is 13.7. The number of benzene rings is 1. The highest BCUT2D eigenvalue weighted by Gasteiger charge is 2.22. The fourth-order valence-corrected chi connectivity index (χ4v) is 4.22. The van der Waals surface area contributed by atoms with Gasteiger partial charge in [0, 0.05) is 36.8 Å². The van der Waals surface area contributed by atoms with Crippen molar-refractivity contribution in [2.24, 2.45) is 5.92 Å². The van der Waals surface area contributed by atoms with Crippen LogP contribution in [0.25, 0.3) is 11.3 Å². The van der Waals surface area contributed by atoms with E-state index in [0.29, 0.717) is 23.9 Å². The molecule has 4 rings (SSSR count). The van der Waals surface area contributed by atoms with Crippen LogP contribution in [0, 0.1) is 5.92 Å². The van der Waals surface area contributed by atoms with Crippen molar-refractivity contribution in [3.05, 3.63) is 47.6 Å². The van der Waals surface area contributed by atoms with Gasteiger partial charge in [0.05, 0.1) is 12.8 Å². The normalized spacial score (nSPS) is 16.8. The Morgan fingerprint density at radius 1 is 1.43 bits per heavy atom. The number of amides is 1. The second kappa shape index (κ2) is 8.43. The Labute approximate surface area is 167 Å². The number of thiazole rings is 1. The monoisotopic (exact) mass is 397 g/mol. The van der Waals surface area contributed by atoms with Gasteiger partial charge in [0.25, 0.3) is 5.91 Å². The number of para-hydroxylation sites is 1. The molecule has 28 heavy (non-hydrogen) atoms. The molecule has 1 fully saturated rings. The summed E-state index contributed by atoms with van der Waals surface area (Å²) >= 11 is 1.66. The van der Waals surface area contributed by atoms with E-state index in [1.807, 2.05) is 35.8 Å². The van der Waals surface area contributed by atoms with Gasteiger partial charge in [-0.3, -0.25) is 9.89 Å². The van der Waals surface area contributed by atoms with Crippen molar-refractivity contribution in [1.29, 1.82) is 0 Å². The van der Waals surface area contributed by atoms with Crippen molar-refractivity contribution in [3.8, 4) is 17.0 Å². The van der Waals surface area contributed by atoms with Crippen molar-refractivity contribution in [2.45, 2.75) is 12.8 Å². The van der Waals surface area contributed by atoms with Crippen LogP contribution in [0.2, 0.25) is 0 Å². The number of nitrogens with zero attached hydrogens (tertiary/aromatic N) is 3. The summed E-state index contributed by atoms with van der Waals surface area (Å²) in [6.07, 6.45) is 4.06. The third-order valence-corrected chi connectivity index (χ3v) is 5.80. The molecule has 1 aromatic carbocycles. The van der Waals surface area contributed by atoms with Crippen molar-refractivity contribution < 1.29 is 9.53 Å². The first-order valence-electron chi connectivity index (χ1n) is 9.36. The molecule has 7 nitrogen and oxygen atoms in total. The molecule has 146 valence electrons. The Hall–Kier alpha value is -2.87. The third-order valence-electron chi connectivity index (χ3n) is 4.97. The molecule has 1 aliphatic heterocycles. The SMILES string of the molecule is COc1ccccc1-c1cc(C(=O)NC[C@@H]2CCCN(c3nccs3)C2)[nH]n1. The molecule has 0 aliphatic carbocycles. The number of H-pyrrole nitrogens is 1. The summed E-state index contributed by atoms with van der Waals surface area (Å²) in [5.41, 5.74) is 2.00. The number of aromatic nitrogens is 3. The van der Waals surface area contributed by atoms with Crippen molar-refractivity contribution in [2.75, 3.05) is 31.6 Å². The van der Waals surface area contributed by atoms with E-state index in [0.717, 1.165) is 42.4 Å². The number of carbonyl (C=O) groups excluding carboxylic acids is 1. The van der Waals surface area contributed by atoms with E-state index in [9.17, 15) is 4.79 Å². The molecule has 0 spiro atoms. The van der Waals surface area contributed by atoms with Crippen LogP contribution in [0.3, 0.4) is 0 Å². The van der Waals surface area contributed by atoms with Gasteiger partial charge in [0.15, 0.2) is 5.13 Å². The highest BCUT2D eigenvalue weighted by Crippen LogP contribution is 2.28. The fraction of sp³-hybridized carbons (Fsp3) is 0.350. The molecule has 3 aromatic rings. The molecule has 3 heterocycles. The Balaban J connectivity index is 1.36. The van der Waals surface area contributed by atoms with E-state index in [-0.39, 0.29) is 5.91 Å². The number of piperidine rings is 1. The lowest BCUT2D eigenvalue weighted by Crippen LogP contribution is -2.41.